The third-order valence-electron chi connectivity index (χ3n) is 3.77. The maximum atomic E-state index is 12.2. The van der Waals surface area contributed by atoms with Gasteiger partial charge in [-0.2, -0.15) is 5.10 Å². The van der Waals surface area contributed by atoms with Gasteiger partial charge in [0, 0.05) is 4.47 Å². The molecule has 1 amide bonds. The Morgan fingerprint density at radius 1 is 0.967 bits per heavy atom. The van der Waals surface area contributed by atoms with Crippen molar-refractivity contribution in [3.63, 3.8) is 0 Å². The zero-order chi connectivity index (χ0) is 21.3. The molecule has 0 aliphatic carbocycles. The molecule has 0 saturated heterocycles. The van der Waals surface area contributed by atoms with Crippen LogP contribution in [0.15, 0.2) is 82.4 Å². The molecule has 3 rings (SSSR count). The Kier molecular flexibility index (Phi) is 7.59. The van der Waals surface area contributed by atoms with Crippen LogP contribution in [-0.2, 0) is 4.79 Å². The van der Waals surface area contributed by atoms with Crippen molar-refractivity contribution in [1.29, 1.82) is 0 Å². The maximum Gasteiger partial charge on any atom is 0.345 e. The molecule has 0 aromatic heterocycles. The second-order valence-corrected chi connectivity index (χ2v) is 7.30. The monoisotopic (exact) mass is 486 g/mol. The van der Waals surface area contributed by atoms with E-state index in [2.05, 4.69) is 26.5 Å². The van der Waals surface area contributed by atoms with E-state index >= 15 is 0 Å². The van der Waals surface area contributed by atoms with E-state index in [9.17, 15) is 9.59 Å². The minimum atomic E-state index is -0.542. The Balaban J connectivity index is 1.47. The molecule has 0 spiro atoms. The number of ether oxygens (including phenoxy) is 2. The lowest BCUT2D eigenvalue weighted by Crippen LogP contribution is -2.24. The number of amides is 1. The molecule has 0 unspecified atom stereocenters. The minimum absolute atomic E-state index is 0.157. The number of benzene rings is 3. The number of carbonyl (C=O) groups excluding carboxylic acids is 2. The van der Waals surface area contributed by atoms with Gasteiger partial charge in [0.05, 0.1) is 16.8 Å². The predicted octanol–water partition coefficient (Wildman–Crippen LogP) is 4.85. The van der Waals surface area contributed by atoms with Gasteiger partial charge in [-0.1, -0.05) is 39.7 Å². The van der Waals surface area contributed by atoms with Gasteiger partial charge < -0.3 is 9.47 Å². The van der Waals surface area contributed by atoms with Crippen LogP contribution in [0.3, 0.4) is 0 Å². The normalized spacial score (nSPS) is 10.6. The van der Waals surface area contributed by atoms with Crippen LogP contribution in [0.5, 0.6) is 11.5 Å². The van der Waals surface area contributed by atoms with Crippen molar-refractivity contribution in [2.45, 2.75) is 0 Å². The lowest BCUT2D eigenvalue weighted by atomic mass is 10.2. The molecule has 0 atom stereocenters. The lowest BCUT2D eigenvalue weighted by molar-refractivity contribution is -0.123. The van der Waals surface area contributed by atoms with Gasteiger partial charge in [-0.05, 0) is 66.2 Å². The van der Waals surface area contributed by atoms with Gasteiger partial charge in [0.25, 0.3) is 5.91 Å². The summed E-state index contributed by atoms with van der Waals surface area (Å²) in [6.07, 6.45) is 1.47. The van der Waals surface area contributed by atoms with Crippen LogP contribution in [0.25, 0.3) is 0 Å². The summed E-state index contributed by atoms with van der Waals surface area (Å²) in [4.78, 5) is 23.9. The quantitative estimate of drug-likeness (QED) is 0.224. The smallest absolute Gasteiger partial charge is 0.345 e. The molecule has 30 heavy (non-hydrogen) atoms. The number of halogens is 2. The van der Waals surface area contributed by atoms with Crippen LogP contribution in [0.2, 0.25) is 5.02 Å². The molecule has 0 aliphatic rings. The van der Waals surface area contributed by atoms with E-state index in [4.69, 9.17) is 21.1 Å². The highest BCUT2D eigenvalue weighted by Gasteiger charge is 2.11. The second kappa shape index (κ2) is 10.6. The van der Waals surface area contributed by atoms with Crippen molar-refractivity contribution in [2.75, 3.05) is 6.61 Å². The molecule has 152 valence electrons. The standard InChI is InChI=1S/C22H16BrClN2O4/c23-16-7-11-17(12-8-16)29-14-21(27)26-25-13-15-5-9-18(10-6-15)30-22(28)19-3-1-2-4-20(19)24/h1-13H,14H2,(H,26,27). The Hall–Kier alpha value is -3.16. The predicted molar refractivity (Wildman–Crippen MR) is 118 cm³/mol. The van der Waals surface area contributed by atoms with Crippen molar-refractivity contribution < 1.29 is 19.1 Å². The van der Waals surface area contributed by atoms with Gasteiger partial charge in [0.15, 0.2) is 6.61 Å². The van der Waals surface area contributed by atoms with Crippen LogP contribution < -0.4 is 14.9 Å². The fourth-order valence-electron chi connectivity index (χ4n) is 2.30. The van der Waals surface area contributed by atoms with Crippen molar-refractivity contribution in [3.8, 4) is 11.5 Å². The zero-order valence-electron chi connectivity index (χ0n) is 15.5. The van der Waals surface area contributed by atoms with Crippen LogP contribution in [0.4, 0.5) is 0 Å². The summed E-state index contributed by atoms with van der Waals surface area (Å²) in [5.74, 6) is 0.0165. The van der Waals surface area contributed by atoms with Gasteiger partial charge in [0.1, 0.15) is 11.5 Å². The topological polar surface area (TPSA) is 77.0 Å². The SMILES string of the molecule is O=C(COc1ccc(Br)cc1)NN=Cc1ccc(OC(=O)c2ccccc2Cl)cc1. The molecular weight excluding hydrogens is 472 g/mol. The lowest BCUT2D eigenvalue weighted by Gasteiger charge is -2.06. The number of hydrogen-bond acceptors (Lipinski definition) is 5. The summed E-state index contributed by atoms with van der Waals surface area (Å²) < 4.78 is 11.6. The summed E-state index contributed by atoms with van der Waals surface area (Å²) in [6.45, 7) is -0.157. The summed E-state index contributed by atoms with van der Waals surface area (Å²) in [5, 5.41) is 4.21. The molecule has 3 aromatic carbocycles. The van der Waals surface area contributed by atoms with Gasteiger partial charge in [-0.15, -0.1) is 0 Å². The first-order valence-electron chi connectivity index (χ1n) is 8.78. The highest BCUT2D eigenvalue weighted by Crippen LogP contribution is 2.19. The number of hydrazone groups is 1. The molecule has 0 heterocycles. The molecule has 3 aromatic rings. The van der Waals surface area contributed by atoms with E-state index in [0.717, 1.165) is 4.47 Å². The third-order valence-corrected chi connectivity index (χ3v) is 4.63. The van der Waals surface area contributed by atoms with E-state index < -0.39 is 5.97 Å². The van der Waals surface area contributed by atoms with Crippen LogP contribution >= 0.6 is 27.5 Å². The molecule has 8 heteroatoms. The molecule has 0 fully saturated rings. The number of rotatable bonds is 7. The van der Waals surface area contributed by atoms with Gasteiger partial charge in [-0.3, -0.25) is 4.79 Å². The molecule has 0 aliphatic heterocycles. The second-order valence-electron chi connectivity index (χ2n) is 5.97. The summed E-state index contributed by atoms with van der Waals surface area (Å²) in [7, 11) is 0. The molecule has 1 N–H and O–H groups in total. The fourth-order valence-corrected chi connectivity index (χ4v) is 2.78. The van der Waals surface area contributed by atoms with E-state index in [-0.39, 0.29) is 18.1 Å². The molecule has 0 saturated carbocycles. The first kappa shape index (κ1) is 21.5. The minimum Gasteiger partial charge on any atom is -0.484 e. The largest absolute Gasteiger partial charge is 0.484 e. The van der Waals surface area contributed by atoms with Crippen LogP contribution in [0, 0.1) is 0 Å². The van der Waals surface area contributed by atoms with Gasteiger partial charge in [-0.25, -0.2) is 10.2 Å². The number of hydrogen-bond donors (Lipinski definition) is 1. The number of nitrogens with one attached hydrogen (secondary N) is 1. The van der Waals surface area contributed by atoms with Crippen molar-refractivity contribution in [3.05, 3.63) is 93.4 Å². The average molecular weight is 488 g/mol. The summed E-state index contributed by atoms with van der Waals surface area (Å²) in [6, 6.07) is 20.4. The molecule has 6 nitrogen and oxygen atoms in total. The van der Waals surface area contributed by atoms with Crippen LogP contribution in [0.1, 0.15) is 15.9 Å². The number of esters is 1. The Bertz CT molecular complexity index is 1050. The third kappa shape index (κ3) is 6.43. The van der Waals surface area contributed by atoms with Crippen molar-refractivity contribution in [1.82, 2.24) is 5.43 Å². The van der Waals surface area contributed by atoms with Crippen molar-refractivity contribution >= 4 is 45.6 Å². The summed E-state index contributed by atoms with van der Waals surface area (Å²) in [5.41, 5.74) is 3.38. The molecule has 0 radical (unpaired) electrons. The van der Waals surface area contributed by atoms with Crippen molar-refractivity contribution in [2.24, 2.45) is 5.10 Å². The van der Waals surface area contributed by atoms with Crippen LogP contribution in [-0.4, -0.2) is 24.7 Å². The average Bonchev–Trinajstić information content (AvgIpc) is 2.75. The Labute approximate surface area is 186 Å². The van der Waals surface area contributed by atoms with E-state index in [1.54, 1.807) is 60.7 Å². The number of nitrogens with zero attached hydrogens (tertiary/aromatic N) is 1. The van der Waals surface area contributed by atoms with E-state index in [1.807, 2.05) is 12.1 Å². The van der Waals surface area contributed by atoms with E-state index in [0.29, 0.717) is 22.1 Å². The number of carbonyl (C=O) groups is 2. The highest BCUT2D eigenvalue weighted by molar-refractivity contribution is 9.10. The first-order chi connectivity index (χ1) is 14.5. The molecular formula is C22H16BrClN2O4. The Morgan fingerprint density at radius 3 is 2.33 bits per heavy atom. The van der Waals surface area contributed by atoms with E-state index in [1.165, 1.54) is 6.21 Å². The summed E-state index contributed by atoms with van der Waals surface area (Å²) >= 11 is 9.32. The first-order valence-corrected chi connectivity index (χ1v) is 9.95. The fraction of sp³-hybridized carbons (Fsp3) is 0.0455. The van der Waals surface area contributed by atoms with Gasteiger partial charge >= 0.3 is 5.97 Å². The highest BCUT2D eigenvalue weighted by atomic mass is 79.9. The van der Waals surface area contributed by atoms with Gasteiger partial charge in [0.2, 0.25) is 0 Å². The Morgan fingerprint density at radius 2 is 1.63 bits per heavy atom. The maximum absolute atomic E-state index is 12.2. The molecule has 0 bridgehead atoms. The zero-order valence-corrected chi connectivity index (χ0v) is 17.9.